The van der Waals surface area contributed by atoms with Crippen molar-refractivity contribution in [1.29, 1.82) is 0 Å². The van der Waals surface area contributed by atoms with Gasteiger partial charge >= 0.3 is 17.9 Å². The molecular formula is C21H27N3O5. The van der Waals surface area contributed by atoms with Crippen LogP contribution >= 0.6 is 0 Å². The van der Waals surface area contributed by atoms with Crippen LogP contribution in [-0.2, 0) is 20.7 Å². The number of carboxylic acid groups (broad SMARTS) is 1. The van der Waals surface area contributed by atoms with Crippen molar-refractivity contribution in [2.45, 2.75) is 44.2 Å². The maximum Gasteiger partial charge on any atom is 0.362 e. The average molecular weight is 401 g/mol. The number of carboxylic acids is 1. The Bertz CT molecular complexity index is 777. The molecule has 0 aliphatic carbocycles. The third-order valence-electron chi connectivity index (χ3n) is 4.51. The standard InChI is InChI=1S/C21H27N3O5/c22-13-5-4-9-18(21(28)29-20(27)17-10-6-14-23-17)24-16(19(25)26)12-11-15-7-2-1-3-8-15/h1-3,6-8,10,14,16,18,23-24H,4-5,9,11-13,22H2,(H,25,26)/t16-,18+/m1/s1. The zero-order valence-corrected chi connectivity index (χ0v) is 16.2. The number of esters is 2. The summed E-state index contributed by atoms with van der Waals surface area (Å²) in [4.78, 5) is 39.0. The van der Waals surface area contributed by atoms with Crippen LogP contribution in [0.1, 0.15) is 41.7 Å². The van der Waals surface area contributed by atoms with E-state index in [1.165, 1.54) is 6.07 Å². The number of carbonyl (C=O) groups excluding carboxylic acids is 2. The predicted molar refractivity (Wildman–Crippen MR) is 107 cm³/mol. The Hall–Kier alpha value is -2.97. The number of aromatic amines is 1. The van der Waals surface area contributed by atoms with Crippen molar-refractivity contribution < 1.29 is 24.2 Å². The number of unbranched alkanes of at least 4 members (excludes halogenated alkanes) is 1. The Morgan fingerprint density at radius 1 is 1.03 bits per heavy atom. The largest absolute Gasteiger partial charge is 0.480 e. The van der Waals surface area contributed by atoms with Crippen LogP contribution in [0.25, 0.3) is 0 Å². The quantitative estimate of drug-likeness (QED) is 0.242. The number of hydrogen-bond acceptors (Lipinski definition) is 6. The van der Waals surface area contributed by atoms with Crippen molar-refractivity contribution in [3.8, 4) is 0 Å². The molecule has 8 nitrogen and oxygen atoms in total. The Kier molecular flexibility index (Phi) is 9.07. The molecule has 156 valence electrons. The average Bonchev–Trinajstić information content (AvgIpc) is 3.25. The molecule has 0 amide bonds. The summed E-state index contributed by atoms with van der Waals surface area (Å²) in [5.74, 6) is -2.66. The zero-order valence-electron chi connectivity index (χ0n) is 16.2. The van der Waals surface area contributed by atoms with Gasteiger partial charge in [-0.1, -0.05) is 36.8 Å². The van der Waals surface area contributed by atoms with E-state index in [0.29, 0.717) is 38.6 Å². The van der Waals surface area contributed by atoms with Crippen LogP contribution in [0.3, 0.4) is 0 Å². The molecule has 2 rings (SSSR count). The van der Waals surface area contributed by atoms with Crippen molar-refractivity contribution in [2.75, 3.05) is 6.54 Å². The maximum atomic E-state index is 12.5. The minimum atomic E-state index is -1.06. The van der Waals surface area contributed by atoms with Gasteiger partial charge in [0, 0.05) is 6.20 Å². The molecule has 0 spiro atoms. The number of H-pyrrole nitrogens is 1. The summed E-state index contributed by atoms with van der Waals surface area (Å²) in [5, 5.41) is 12.4. The highest BCUT2D eigenvalue weighted by atomic mass is 16.6. The molecule has 1 aromatic carbocycles. The van der Waals surface area contributed by atoms with Gasteiger partial charge < -0.3 is 20.6 Å². The Labute approximate surface area is 169 Å². The van der Waals surface area contributed by atoms with Gasteiger partial charge in [-0.2, -0.15) is 0 Å². The van der Waals surface area contributed by atoms with Crippen LogP contribution in [0.4, 0.5) is 0 Å². The van der Waals surface area contributed by atoms with Crippen molar-refractivity contribution in [3.63, 3.8) is 0 Å². The SMILES string of the molecule is NCCCC[C@H](N[C@H](CCc1ccccc1)C(=O)O)C(=O)OC(=O)c1ccc[nH]1. The number of aromatic nitrogens is 1. The van der Waals surface area contributed by atoms with Gasteiger partial charge in [0.1, 0.15) is 17.8 Å². The second-order valence-corrected chi connectivity index (χ2v) is 6.71. The van der Waals surface area contributed by atoms with E-state index in [0.717, 1.165) is 5.56 Å². The highest BCUT2D eigenvalue weighted by molar-refractivity contribution is 5.97. The molecule has 1 heterocycles. The molecule has 1 aromatic heterocycles. The number of carbonyl (C=O) groups is 3. The van der Waals surface area contributed by atoms with Gasteiger partial charge in [0.15, 0.2) is 0 Å². The molecule has 0 fully saturated rings. The molecule has 0 aliphatic rings. The lowest BCUT2D eigenvalue weighted by atomic mass is 10.0. The van der Waals surface area contributed by atoms with E-state index in [4.69, 9.17) is 10.5 Å². The second-order valence-electron chi connectivity index (χ2n) is 6.71. The van der Waals surface area contributed by atoms with Crippen LogP contribution in [-0.4, -0.2) is 46.6 Å². The van der Waals surface area contributed by atoms with Gasteiger partial charge in [-0.15, -0.1) is 0 Å². The first-order chi connectivity index (χ1) is 14.0. The Balaban J connectivity index is 2.01. The lowest BCUT2D eigenvalue weighted by molar-refractivity contribution is -0.143. The lowest BCUT2D eigenvalue weighted by Crippen LogP contribution is -2.48. The zero-order chi connectivity index (χ0) is 21.1. The highest BCUT2D eigenvalue weighted by Gasteiger charge is 2.28. The van der Waals surface area contributed by atoms with Gasteiger partial charge in [-0.3, -0.25) is 10.1 Å². The number of benzene rings is 1. The molecule has 0 aliphatic heterocycles. The molecule has 0 saturated heterocycles. The summed E-state index contributed by atoms with van der Waals surface area (Å²) in [5.41, 5.74) is 6.66. The predicted octanol–water partition coefficient (Wildman–Crippen LogP) is 1.87. The normalized spacial score (nSPS) is 12.9. The topological polar surface area (TPSA) is 135 Å². The minimum Gasteiger partial charge on any atom is -0.480 e. The van der Waals surface area contributed by atoms with Crippen LogP contribution in [0, 0.1) is 0 Å². The number of aryl methyl sites for hydroxylation is 1. The molecule has 8 heteroatoms. The summed E-state index contributed by atoms with van der Waals surface area (Å²) < 4.78 is 4.94. The summed E-state index contributed by atoms with van der Waals surface area (Å²) in [6.45, 7) is 0.458. The summed E-state index contributed by atoms with van der Waals surface area (Å²) in [6.07, 6.45) is 3.98. The van der Waals surface area contributed by atoms with Crippen LogP contribution < -0.4 is 11.1 Å². The van der Waals surface area contributed by atoms with E-state index in [9.17, 15) is 19.5 Å². The van der Waals surface area contributed by atoms with Crippen molar-refractivity contribution >= 4 is 17.9 Å². The molecule has 0 bridgehead atoms. The molecule has 0 radical (unpaired) electrons. The minimum absolute atomic E-state index is 0.151. The van der Waals surface area contributed by atoms with Gasteiger partial charge in [0.2, 0.25) is 0 Å². The number of ether oxygens (including phenoxy) is 1. The van der Waals surface area contributed by atoms with E-state index in [1.54, 1.807) is 12.3 Å². The van der Waals surface area contributed by atoms with Gasteiger partial charge in [-0.05, 0) is 49.9 Å². The smallest absolute Gasteiger partial charge is 0.362 e. The van der Waals surface area contributed by atoms with Crippen molar-refractivity contribution in [2.24, 2.45) is 5.73 Å². The molecule has 0 unspecified atom stereocenters. The van der Waals surface area contributed by atoms with Crippen LogP contribution in [0.5, 0.6) is 0 Å². The Morgan fingerprint density at radius 3 is 2.41 bits per heavy atom. The van der Waals surface area contributed by atoms with Gasteiger partial charge in [0.25, 0.3) is 0 Å². The fraction of sp³-hybridized carbons (Fsp3) is 0.381. The summed E-state index contributed by atoms with van der Waals surface area (Å²) in [7, 11) is 0. The number of nitrogens with one attached hydrogen (secondary N) is 2. The molecule has 0 saturated carbocycles. The van der Waals surface area contributed by atoms with Crippen molar-refractivity contribution in [3.05, 3.63) is 59.9 Å². The molecular weight excluding hydrogens is 374 g/mol. The summed E-state index contributed by atoms with van der Waals surface area (Å²) in [6, 6.07) is 10.7. The first kappa shape index (κ1) is 22.3. The maximum absolute atomic E-state index is 12.5. The summed E-state index contributed by atoms with van der Waals surface area (Å²) >= 11 is 0. The lowest BCUT2D eigenvalue weighted by Gasteiger charge is -2.22. The first-order valence-electron chi connectivity index (χ1n) is 9.63. The third kappa shape index (κ3) is 7.52. The van der Waals surface area contributed by atoms with Crippen LogP contribution in [0.15, 0.2) is 48.7 Å². The van der Waals surface area contributed by atoms with E-state index in [2.05, 4.69) is 10.3 Å². The van der Waals surface area contributed by atoms with E-state index < -0.39 is 30.0 Å². The number of nitrogens with two attached hydrogens (primary N) is 1. The van der Waals surface area contributed by atoms with E-state index >= 15 is 0 Å². The third-order valence-corrected chi connectivity index (χ3v) is 4.51. The fourth-order valence-corrected chi connectivity index (χ4v) is 2.91. The van der Waals surface area contributed by atoms with Gasteiger partial charge in [0.05, 0.1) is 0 Å². The van der Waals surface area contributed by atoms with Gasteiger partial charge in [-0.25, -0.2) is 9.59 Å². The number of aliphatic carboxylic acids is 1. The van der Waals surface area contributed by atoms with Crippen LogP contribution in [0.2, 0.25) is 0 Å². The molecule has 2 atom stereocenters. The monoisotopic (exact) mass is 401 g/mol. The highest BCUT2D eigenvalue weighted by Crippen LogP contribution is 2.10. The van der Waals surface area contributed by atoms with Crippen molar-refractivity contribution in [1.82, 2.24) is 10.3 Å². The molecule has 5 N–H and O–H groups in total. The number of rotatable bonds is 12. The van der Waals surface area contributed by atoms with E-state index in [1.807, 2.05) is 30.3 Å². The van der Waals surface area contributed by atoms with E-state index in [-0.39, 0.29) is 5.69 Å². The molecule has 29 heavy (non-hydrogen) atoms. The first-order valence-corrected chi connectivity index (χ1v) is 9.63. The second kappa shape index (κ2) is 11.8. The number of hydrogen-bond donors (Lipinski definition) is 4. The fourth-order valence-electron chi connectivity index (χ4n) is 2.91. The molecule has 2 aromatic rings. The Morgan fingerprint density at radius 2 is 1.79 bits per heavy atom.